The predicted molar refractivity (Wildman–Crippen MR) is 128 cm³/mol. The normalized spacial score (nSPS) is 13.8. The molecule has 0 aliphatic carbocycles. The van der Waals surface area contributed by atoms with Crippen molar-refractivity contribution in [1.82, 2.24) is 9.80 Å². The van der Waals surface area contributed by atoms with Crippen LogP contribution in [0.2, 0.25) is 0 Å². The summed E-state index contributed by atoms with van der Waals surface area (Å²) in [4.78, 5) is 30.3. The molecule has 0 fully saturated rings. The number of nitrogens with zero attached hydrogens (tertiary/aromatic N) is 2. The summed E-state index contributed by atoms with van der Waals surface area (Å²) in [6, 6.07) is 25.9. The molecule has 1 aliphatic rings. The number of hydrogen-bond donors (Lipinski definition) is 0. The zero-order chi connectivity index (χ0) is 22.7. The maximum absolute atomic E-state index is 13.5. The molecule has 1 aliphatic heterocycles. The third-order valence-corrected chi connectivity index (χ3v) is 6.05. The summed E-state index contributed by atoms with van der Waals surface area (Å²) < 4.78 is 0. The van der Waals surface area contributed by atoms with Crippen LogP contribution >= 0.6 is 0 Å². The maximum Gasteiger partial charge on any atom is 0.277 e. The Morgan fingerprint density at radius 1 is 0.750 bits per heavy atom. The number of rotatable bonds is 7. The second kappa shape index (κ2) is 9.23. The quantitative estimate of drug-likeness (QED) is 0.514. The van der Waals surface area contributed by atoms with E-state index in [0.29, 0.717) is 30.8 Å². The van der Waals surface area contributed by atoms with Gasteiger partial charge in [0.05, 0.1) is 5.57 Å². The zero-order valence-electron chi connectivity index (χ0n) is 18.8. The SMILES string of the molecule is Cc1ccc(C2=C(N(C)Cc3ccccc3)C(=O)N(CCc3ccccc3)C2=O)cc1C. The molecule has 3 aromatic carbocycles. The van der Waals surface area contributed by atoms with Crippen LogP contribution in [0.5, 0.6) is 0 Å². The average molecular weight is 425 g/mol. The number of carbonyl (C=O) groups excluding carboxylic acids is 2. The van der Waals surface area contributed by atoms with Gasteiger partial charge in [0.15, 0.2) is 0 Å². The summed E-state index contributed by atoms with van der Waals surface area (Å²) in [7, 11) is 1.88. The Balaban J connectivity index is 1.69. The van der Waals surface area contributed by atoms with Gasteiger partial charge in [-0.1, -0.05) is 78.9 Å². The number of amides is 2. The van der Waals surface area contributed by atoms with Gasteiger partial charge in [0.2, 0.25) is 0 Å². The molecule has 0 aromatic heterocycles. The minimum atomic E-state index is -0.224. The summed E-state index contributed by atoms with van der Waals surface area (Å²) in [6.07, 6.45) is 0.633. The second-order valence-corrected chi connectivity index (χ2v) is 8.36. The van der Waals surface area contributed by atoms with E-state index in [-0.39, 0.29) is 11.8 Å². The van der Waals surface area contributed by atoms with Gasteiger partial charge >= 0.3 is 0 Å². The molecule has 2 amide bonds. The van der Waals surface area contributed by atoms with Crippen molar-refractivity contribution in [3.63, 3.8) is 0 Å². The van der Waals surface area contributed by atoms with E-state index in [9.17, 15) is 9.59 Å². The standard InChI is InChI=1S/C28H28N2O2/c1-20-14-15-24(18-21(20)2)25-26(29(3)19-23-12-8-5-9-13-23)28(32)30(27(25)31)17-16-22-10-6-4-7-11-22/h4-15,18H,16-17,19H2,1-3H3. The van der Waals surface area contributed by atoms with Crippen LogP contribution in [0, 0.1) is 13.8 Å². The van der Waals surface area contributed by atoms with E-state index in [0.717, 1.165) is 27.8 Å². The lowest BCUT2D eigenvalue weighted by Crippen LogP contribution is -2.35. The number of hydrogen-bond acceptors (Lipinski definition) is 3. The Morgan fingerprint density at radius 2 is 1.38 bits per heavy atom. The molecule has 0 saturated heterocycles. The van der Waals surface area contributed by atoms with Crippen LogP contribution in [0.15, 0.2) is 84.6 Å². The molecular weight excluding hydrogens is 396 g/mol. The van der Waals surface area contributed by atoms with Gasteiger partial charge < -0.3 is 4.90 Å². The lowest BCUT2D eigenvalue weighted by molar-refractivity contribution is -0.137. The molecule has 0 N–H and O–H groups in total. The van der Waals surface area contributed by atoms with Crippen molar-refractivity contribution >= 4 is 17.4 Å². The summed E-state index contributed by atoms with van der Waals surface area (Å²) in [5, 5.41) is 0. The monoisotopic (exact) mass is 424 g/mol. The Labute approximate surface area is 189 Å². The van der Waals surface area contributed by atoms with Crippen LogP contribution in [0.4, 0.5) is 0 Å². The van der Waals surface area contributed by atoms with E-state index in [1.807, 2.05) is 105 Å². The molecule has 0 spiro atoms. The topological polar surface area (TPSA) is 40.6 Å². The number of likely N-dealkylation sites (N-methyl/N-ethyl adjacent to an activating group) is 1. The second-order valence-electron chi connectivity index (χ2n) is 8.36. The fourth-order valence-corrected chi connectivity index (χ4v) is 4.10. The molecule has 0 atom stereocenters. The molecule has 4 heteroatoms. The number of imide groups is 1. The van der Waals surface area contributed by atoms with E-state index in [1.54, 1.807) is 0 Å². The largest absolute Gasteiger partial charge is 0.365 e. The molecule has 1 heterocycles. The van der Waals surface area contributed by atoms with Crippen LogP contribution in [-0.4, -0.2) is 35.2 Å². The van der Waals surface area contributed by atoms with E-state index in [4.69, 9.17) is 0 Å². The Morgan fingerprint density at radius 3 is 2.00 bits per heavy atom. The summed E-state index contributed by atoms with van der Waals surface area (Å²) in [5.41, 5.74) is 6.20. The number of benzene rings is 3. The first-order valence-corrected chi connectivity index (χ1v) is 10.9. The van der Waals surface area contributed by atoms with Gasteiger partial charge in [0, 0.05) is 20.1 Å². The van der Waals surface area contributed by atoms with Gasteiger partial charge in [0.25, 0.3) is 11.8 Å². The minimum absolute atomic E-state index is 0.218. The highest BCUT2D eigenvalue weighted by atomic mass is 16.2. The minimum Gasteiger partial charge on any atom is -0.365 e. The third kappa shape index (κ3) is 4.35. The van der Waals surface area contributed by atoms with E-state index >= 15 is 0 Å². The van der Waals surface area contributed by atoms with E-state index in [2.05, 4.69) is 0 Å². The average Bonchev–Trinajstić information content (AvgIpc) is 3.05. The highest BCUT2D eigenvalue weighted by Crippen LogP contribution is 2.32. The van der Waals surface area contributed by atoms with Crippen molar-refractivity contribution < 1.29 is 9.59 Å². The number of carbonyl (C=O) groups is 2. The highest BCUT2D eigenvalue weighted by molar-refractivity contribution is 6.35. The lowest BCUT2D eigenvalue weighted by Gasteiger charge is -2.21. The third-order valence-electron chi connectivity index (χ3n) is 6.05. The molecule has 0 unspecified atom stereocenters. The molecule has 4 rings (SSSR count). The fraction of sp³-hybridized carbons (Fsp3) is 0.214. The lowest BCUT2D eigenvalue weighted by atomic mass is 9.99. The highest BCUT2D eigenvalue weighted by Gasteiger charge is 2.40. The molecule has 32 heavy (non-hydrogen) atoms. The first kappa shape index (κ1) is 21.6. The van der Waals surface area contributed by atoms with Gasteiger partial charge in [-0.05, 0) is 48.1 Å². The van der Waals surface area contributed by atoms with Crippen LogP contribution in [0.1, 0.15) is 27.8 Å². The van der Waals surface area contributed by atoms with Crippen LogP contribution in [-0.2, 0) is 22.6 Å². The van der Waals surface area contributed by atoms with Crippen LogP contribution < -0.4 is 0 Å². The van der Waals surface area contributed by atoms with Crippen molar-refractivity contribution in [3.05, 3.63) is 112 Å². The summed E-state index contributed by atoms with van der Waals surface area (Å²) in [5.74, 6) is -0.443. The van der Waals surface area contributed by atoms with Crippen LogP contribution in [0.3, 0.4) is 0 Å². The molecule has 0 saturated carbocycles. The molecular formula is C28H28N2O2. The summed E-state index contributed by atoms with van der Waals surface area (Å²) >= 11 is 0. The van der Waals surface area contributed by atoms with Crippen molar-refractivity contribution in [2.75, 3.05) is 13.6 Å². The van der Waals surface area contributed by atoms with Gasteiger partial charge in [-0.15, -0.1) is 0 Å². The molecule has 0 bridgehead atoms. The van der Waals surface area contributed by atoms with Crippen molar-refractivity contribution in [1.29, 1.82) is 0 Å². The fourth-order valence-electron chi connectivity index (χ4n) is 4.10. The molecule has 3 aromatic rings. The van der Waals surface area contributed by atoms with Gasteiger partial charge in [-0.3, -0.25) is 14.5 Å². The Bertz CT molecular complexity index is 1170. The summed E-state index contributed by atoms with van der Waals surface area (Å²) in [6.45, 7) is 4.99. The smallest absolute Gasteiger partial charge is 0.277 e. The Hall–Kier alpha value is -3.66. The Kier molecular flexibility index (Phi) is 6.22. The molecule has 162 valence electrons. The van der Waals surface area contributed by atoms with E-state index in [1.165, 1.54) is 4.90 Å². The van der Waals surface area contributed by atoms with Gasteiger partial charge in [-0.2, -0.15) is 0 Å². The van der Waals surface area contributed by atoms with Gasteiger partial charge in [0.1, 0.15) is 5.70 Å². The van der Waals surface area contributed by atoms with E-state index < -0.39 is 0 Å². The maximum atomic E-state index is 13.5. The zero-order valence-corrected chi connectivity index (χ0v) is 18.8. The first-order valence-electron chi connectivity index (χ1n) is 10.9. The van der Waals surface area contributed by atoms with Gasteiger partial charge in [-0.25, -0.2) is 0 Å². The number of aryl methyl sites for hydroxylation is 2. The van der Waals surface area contributed by atoms with Crippen molar-refractivity contribution in [2.24, 2.45) is 0 Å². The van der Waals surface area contributed by atoms with Crippen molar-refractivity contribution in [3.8, 4) is 0 Å². The molecule has 4 nitrogen and oxygen atoms in total. The molecule has 0 radical (unpaired) electrons. The van der Waals surface area contributed by atoms with Crippen molar-refractivity contribution in [2.45, 2.75) is 26.8 Å². The van der Waals surface area contributed by atoms with Crippen LogP contribution in [0.25, 0.3) is 5.57 Å². The first-order chi connectivity index (χ1) is 15.5. The predicted octanol–water partition coefficient (Wildman–Crippen LogP) is 4.76.